The Morgan fingerprint density at radius 2 is 1.66 bits per heavy atom. The lowest BCUT2D eigenvalue weighted by Gasteiger charge is -2.23. The van der Waals surface area contributed by atoms with Crippen molar-refractivity contribution in [1.82, 2.24) is 4.90 Å². The minimum atomic E-state index is -1.05. The summed E-state index contributed by atoms with van der Waals surface area (Å²) in [5, 5.41) is 2.75. The highest BCUT2D eigenvalue weighted by molar-refractivity contribution is 6.08. The minimum Gasteiger partial charge on any atom is -0.451 e. The highest BCUT2D eigenvalue weighted by Gasteiger charge is 2.51. The largest absolute Gasteiger partial charge is 0.451 e. The van der Waals surface area contributed by atoms with Crippen LogP contribution in [0.1, 0.15) is 50.7 Å². The molecule has 0 aromatic heterocycles. The first-order valence-corrected chi connectivity index (χ1v) is 10.2. The number of carbonyl (C=O) groups is 4. The van der Waals surface area contributed by atoms with Crippen molar-refractivity contribution in [2.75, 3.05) is 5.32 Å². The number of fused-ring (bicyclic) bond motifs is 1. The second kappa shape index (κ2) is 8.35. The fourth-order valence-electron chi connectivity index (χ4n) is 4.19. The molecule has 1 aromatic rings. The van der Waals surface area contributed by atoms with Gasteiger partial charge < -0.3 is 10.1 Å². The van der Waals surface area contributed by atoms with Crippen LogP contribution in [0.3, 0.4) is 0 Å². The van der Waals surface area contributed by atoms with E-state index in [4.69, 9.17) is 4.74 Å². The third kappa shape index (κ3) is 4.18. The van der Waals surface area contributed by atoms with Crippen molar-refractivity contribution >= 4 is 29.4 Å². The SMILES string of the molecule is Cc1ccc(NC(=O)[C@@H](C)OC(=O)[C@H](C)N2C(=O)[C@H]3CCCC[C@H]3C2=O)c(C)c1. The van der Waals surface area contributed by atoms with Crippen LogP contribution in [-0.4, -0.2) is 40.7 Å². The molecule has 0 unspecified atom stereocenters. The van der Waals surface area contributed by atoms with Crippen LogP contribution in [0.4, 0.5) is 5.69 Å². The number of ether oxygens (including phenoxy) is 1. The lowest BCUT2D eigenvalue weighted by molar-refractivity contribution is -0.163. The molecule has 1 aliphatic carbocycles. The van der Waals surface area contributed by atoms with Crippen molar-refractivity contribution in [1.29, 1.82) is 0 Å². The first-order valence-electron chi connectivity index (χ1n) is 10.2. The van der Waals surface area contributed by atoms with E-state index in [-0.39, 0.29) is 23.7 Å². The summed E-state index contributed by atoms with van der Waals surface area (Å²) in [6.07, 6.45) is 2.15. The van der Waals surface area contributed by atoms with Gasteiger partial charge in [0.1, 0.15) is 6.04 Å². The summed E-state index contributed by atoms with van der Waals surface area (Å²) in [6, 6.07) is 4.57. The van der Waals surface area contributed by atoms with Crippen LogP contribution < -0.4 is 5.32 Å². The van der Waals surface area contributed by atoms with Gasteiger partial charge in [-0.1, -0.05) is 30.5 Å². The Hall–Kier alpha value is -2.70. The van der Waals surface area contributed by atoms with Crippen LogP contribution in [0.2, 0.25) is 0 Å². The maximum Gasteiger partial charge on any atom is 0.329 e. The fourth-order valence-corrected chi connectivity index (χ4v) is 4.19. The third-order valence-corrected chi connectivity index (χ3v) is 5.91. The Balaban J connectivity index is 1.62. The first-order chi connectivity index (χ1) is 13.7. The Morgan fingerprint density at radius 1 is 1.07 bits per heavy atom. The number of esters is 1. The standard InChI is InChI=1S/C22H28N2O5/c1-12-9-10-18(13(2)11-12)23-19(25)15(4)29-22(28)14(3)24-20(26)16-7-5-6-8-17(16)21(24)27/h9-11,14-17H,5-8H2,1-4H3,(H,23,25)/t14-,15+,16-,17+/m0/s1. The van der Waals surface area contributed by atoms with Gasteiger partial charge in [0.2, 0.25) is 11.8 Å². The van der Waals surface area contributed by atoms with Gasteiger partial charge >= 0.3 is 5.97 Å². The maximum absolute atomic E-state index is 12.6. The van der Waals surface area contributed by atoms with E-state index in [9.17, 15) is 19.2 Å². The molecule has 3 amide bonds. The molecule has 1 saturated heterocycles. The second-order valence-corrected chi connectivity index (χ2v) is 8.11. The summed E-state index contributed by atoms with van der Waals surface area (Å²) in [5.41, 5.74) is 2.63. The number of aryl methyl sites for hydroxylation is 2. The van der Waals surface area contributed by atoms with Crippen LogP contribution in [-0.2, 0) is 23.9 Å². The van der Waals surface area contributed by atoms with E-state index in [1.54, 1.807) is 6.07 Å². The fraction of sp³-hybridized carbons (Fsp3) is 0.545. The molecule has 2 fully saturated rings. The van der Waals surface area contributed by atoms with Crippen molar-refractivity contribution in [3.63, 3.8) is 0 Å². The van der Waals surface area contributed by atoms with Gasteiger partial charge in [0.05, 0.1) is 11.8 Å². The molecule has 7 heteroatoms. The molecule has 0 radical (unpaired) electrons. The summed E-state index contributed by atoms with van der Waals surface area (Å²) < 4.78 is 5.28. The topological polar surface area (TPSA) is 92.8 Å². The van der Waals surface area contributed by atoms with Crippen molar-refractivity contribution in [3.05, 3.63) is 29.3 Å². The van der Waals surface area contributed by atoms with Crippen LogP contribution in [0.5, 0.6) is 0 Å². The molecule has 3 rings (SSSR count). The predicted octanol–water partition coefficient (Wildman–Crippen LogP) is 2.74. The number of nitrogens with zero attached hydrogens (tertiary/aromatic N) is 1. The maximum atomic E-state index is 12.6. The molecule has 1 N–H and O–H groups in total. The zero-order chi connectivity index (χ0) is 21.3. The monoisotopic (exact) mass is 400 g/mol. The molecule has 1 aromatic carbocycles. The molecule has 4 atom stereocenters. The van der Waals surface area contributed by atoms with Crippen LogP contribution in [0.15, 0.2) is 18.2 Å². The normalized spacial score (nSPS) is 23.4. The number of amides is 3. The number of likely N-dealkylation sites (tertiary alicyclic amines) is 1. The van der Waals surface area contributed by atoms with E-state index >= 15 is 0 Å². The van der Waals surface area contributed by atoms with Gasteiger partial charge in [-0.2, -0.15) is 0 Å². The van der Waals surface area contributed by atoms with Gasteiger partial charge in [-0.25, -0.2) is 4.79 Å². The third-order valence-electron chi connectivity index (χ3n) is 5.91. The average Bonchev–Trinajstić information content (AvgIpc) is 2.94. The zero-order valence-corrected chi connectivity index (χ0v) is 17.4. The molecule has 0 spiro atoms. The molecular weight excluding hydrogens is 372 g/mol. The summed E-state index contributed by atoms with van der Waals surface area (Å²) in [5.74, 6) is -2.46. The molecule has 1 aliphatic heterocycles. The second-order valence-electron chi connectivity index (χ2n) is 8.11. The van der Waals surface area contributed by atoms with Crippen LogP contribution >= 0.6 is 0 Å². The van der Waals surface area contributed by atoms with Crippen molar-refractivity contribution in [3.8, 4) is 0 Å². The lowest BCUT2D eigenvalue weighted by atomic mass is 9.81. The van der Waals surface area contributed by atoms with E-state index in [1.165, 1.54) is 13.8 Å². The Bertz CT molecular complexity index is 826. The Labute approximate surface area is 170 Å². The average molecular weight is 400 g/mol. The number of benzene rings is 1. The molecule has 29 heavy (non-hydrogen) atoms. The zero-order valence-electron chi connectivity index (χ0n) is 17.4. The minimum absolute atomic E-state index is 0.295. The smallest absolute Gasteiger partial charge is 0.329 e. The van der Waals surface area contributed by atoms with E-state index in [1.807, 2.05) is 26.0 Å². The van der Waals surface area contributed by atoms with E-state index < -0.39 is 24.0 Å². The summed E-state index contributed by atoms with van der Waals surface area (Å²) in [6.45, 7) is 6.79. The number of hydrogen-bond donors (Lipinski definition) is 1. The Morgan fingerprint density at radius 3 is 2.21 bits per heavy atom. The van der Waals surface area contributed by atoms with Gasteiger partial charge in [-0.15, -0.1) is 0 Å². The molecule has 156 valence electrons. The summed E-state index contributed by atoms with van der Waals surface area (Å²) in [4.78, 5) is 51.3. The van der Waals surface area contributed by atoms with Crippen LogP contribution in [0.25, 0.3) is 0 Å². The van der Waals surface area contributed by atoms with E-state index in [2.05, 4.69) is 5.32 Å². The van der Waals surface area contributed by atoms with Gasteiger partial charge in [0, 0.05) is 5.69 Å². The van der Waals surface area contributed by atoms with Gasteiger partial charge in [0.15, 0.2) is 6.10 Å². The number of imide groups is 1. The summed E-state index contributed by atoms with van der Waals surface area (Å²) in [7, 11) is 0. The number of carbonyl (C=O) groups excluding carboxylic acids is 4. The number of nitrogens with one attached hydrogen (secondary N) is 1. The molecular formula is C22H28N2O5. The molecule has 1 saturated carbocycles. The van der Waals surface area contributed by atoms with Crippen molar-refractivity contribution in [2.45, 2.75) is 65.5 Å². The molecule has 0 bridgehead atoms. The van der Waals surface area contributed by atoms with E-state index in [0.29, 0.717) is 18.5 Å². The van der Waals surface area contributed by atoms with Crippen molar-refractivity contribution < 1.29 is 23.9 Å². The Kier molecular flexibility index (Phi) is 6.05. The quantitative estimate of drug-likeness (QED) is 0.606. The van der Waals surface area contributed by atoms with Crippen LogP contribution in [0, 0.1) is 25.7 Å². The lowest BCUT2D eigenvalue weighted by Crippen LogP contribution is -2.46. The highest BCUT2D eigenvalue weighted by Crippen LogP contribution is 2.39. The predicted molar refractivity (Wildman–Crippen MR) is 107 cm³/mol. The van der Waals surface area contributed by atoms with Gasteiger partial charge in [-0.05, 0) is 52.2 Å². The van der Waals surface area contributed by atoms with Crippen molar-refractivity contribution in [2.24, 2.45) is 11.8 Å². The van der Waals surface area contributed by atoms with E-state index in [0.717, 1.165) is 28.9 Å². The molecule has 7 nitrogen and oxygen atoms in total. The molecule has 1 heterocycles. The number of rotatable bonds is 5. The molecule has 2 aliphatic rings. The van der Waals surface area contributed by atoms with Gasteiger partial charge in [0.25, 0.3) is 5.91 Å². The van der Waals surface area contributed by atoms with Gasteiger partial charge in [-0.3, -0.25) is 19.3 Å². The number of anilines is 1. The summed E-state index contributed by atoms with van der Waals surface area (Å²) >= 11 is 0. The first kappa shape index (κ1) is 21.0. The number of hydrogen-bond acceptors (Lipinski definition) is 5. The highest BCUT2D eigenvalue weighted by atomic mass is 16.5.